The molecule has 1 aromatic rings. The van der Waals surface area contributed by atoms with Crippen molar-refractivity contribution in [2.75, 3.05) is 21.3 Å². The van der Waals surface area contributed by atoms with Crippen LogP contribution in [-0.4, -0.2) is 38.7 Å². The molecule has 6 heteroatoms. The summed E-state index contributed by atoms with van der Waals surface area (Å²) in [6, 6.07) is 3.05. The molecule has 22 heavy (non-hydrogen) atoms. The van der Waals surface area contributed by atoms with Crippen molar-refractivity contribution >= 4 is 17.4 Å². The molecule has 0 aromatic heterocycles. The van der Waals surface area contributed by atoms with Crippen LogP contribution in [0.15, 0.2) is 41.4 Å². The van der Waals surface area contributed by atoms with E-state index >= 15 is 0 Å². The molecule has 6 nitrogen and oxygen atoms in total. The van der Waals surface area contributed by atoms with Gasteiger partial charge in [0.15, 0.2) is 17.3 Å². The van der Waals surface area contributed by atoms with Crippen LogP contribution in [0.4, 0.5) is 0 Å². The van der Waals surface area contributed by atoms with Crippen LogP contribution in [-0.2, 0) is 4.79 Å². The molecule has 0 unspecified atom stereocenters. The van der Waals surface area contributed by atoms with E-state index in [9.17, 15) is 9.59 Å². The summed E-state index contributed by atoms with van der Waals surface area (Å²) >= 11 is 0. The van der Waals surface area contributed by atoms with Gasteiger partial charge in [0.2, 0.25) is 5.75 Å². The number of rotatable bonds is 4. The van der Waals surface area contributed by atoms with Crippen LogP contribution in [0.1, 0.15) is 10.4 Å². The number of amides is 1. The minimum atomic E-state index is -0.474. The zero-order chi connectivity index (χ0) is 16.1. The number of ketones is 1. The molecule has 0 spiro atoms. The highest BCUT2D eigenvalue weighted by atomic mass is 16.5. The first-order valence-electron chi connectivity index (χ1n) is 6.42. The minimum absolute atomic E-state index is 0.140. The van der Waals surface area contributed by atoms with Crippen molar-refractivity contribution in [2.24, 2.45) is 4.99 Å². The zero-order valence-corrected chi connectivity index (χ0v) is 12.5. The summed E-state index contributed by atoms with van der Waals surface area (Å²) in [7, 11) is 4.42. The van der Waals surface area contributed by atoms with Crippen molar-refractivity contribution < 1.29 is 23.8 Å². The van der Waals surface area contributed by atoms with Crippen molar-refractivity contribution in [1.82, 2.24) is 0 Å². The third-order valence-corrected chi connectivity index (χ3v) is 2.98. The number of allylic oxidation sites excluding steroid dienone is 4. The molecule has 114 valence electrons. The summed E-state index contributed by atoms with van der Waals surface area (Å²) in [5.74, 6) is 0.528. The minimum Gasteiger partial charge on any atom is -0.493 e. The molecule has 0 heterocycles. The lowest BCUT2D eigenvalue weighted by Gasteiger charge is -2.13. The van der Waals surface area contributed by atoms with E-state index in [2.05, 4.69) is 4.99 Å². The molecule has 0 bridgehead atoms. The van der Waals surface area contributed by atoms with Gasteiger partial charge in [0.05, 0.1) is 27.0 Å². The number of carbonyl (C=O) groups excluding carboxylic acids is 2. The molecule has 0 saturated carbocycles. The maximum atomic E-state index is 12.2. The number of aliphatic imine (C=N–C) groups is 1. The van der Waals surface area contributed by atoms with E-state index in [1.807, 2.05) is 0 Å². The van der Waals surface area contributed by atoms with E-state index in [-0.39, 0.29) is 5.78 Å². The Kier molecular flexibility index (Phi) is 4.73. The van der Waals surface area contributed by atoms with Gasteiger partial charge in [-0.2, -0.15) is 0 Å². The highest BCUT2D eigenvalue weighted by Crippen LogP contribution is 2.38. The summed E-state index contributed by atoms with van der Waals surface area (Å²) in [5, 5.41) is 0. The lowest BCUT2D eigenvalue weighted by Crippen LogP contribution is -2.05. The number of nitrogens with zero attached hydrogens (tertiary/aromatic N) is 1. The van der Waals surface area contributed by atoms with Crippen LogP contribution in [0, 0.1) is 0 Å². The first kappa shape index (κ1) is 15.5. The zero-order valence-electron chi connectivity index (χ0n) is 12.5. The molecular weight excluding hydrogens is 286 g/mol. The van der Waals surface area contributed by atoms with Gasteiger partial charge in [-0.1, -0.05) is 0 Å². The first-order chi connectivity index (χ1) is 10.6. The number of methoxy groups -OCH3 is 3. The number of ether oxygens (including phenoxy) is 3. The van der Waals surface area contributed by atoms with E-state index < -0.39 is 5.91 Å². The van der Waals surface area contributed by atoms with Crippen LogP contribution in [0.3, 0.4) is 0 Å². The van der Waals surface area contributed by atoms with Crippen LogP contribution in [0.25, 0.3) is 0 Å². The van der Waals surface area contributed by atoms with Gasteiger partial charge in [-0.05, 0) is 36.4 Å². The Labute approximate surface area is 127 Å². The monoisotopic (exact) mass is 301 g/mol. The second kappa shape index (κ2) is 6.71. The normalized spacial score (nSPS) is 13.0. The maximum absolute atomic E-state index is 12.2. The van der Waals surface area contributed by atoms with Gasteiger partial charge in [-0.3, -0.25) is 9.59 Å². The molecule has 2 rings (SSSR count). The summed E-state index contributed by atoms with van der Waals surface area (Å²) in [6.45, 7) is 0. The average molecular weight is 301 g/mol. The predicted octanol–water partition coefficient (Wildman–Crippen LogP) is 1.99. The highest BCUT2D eigenvalue weighted by molar-refractivity contribution is 6.20. The van der Waals surface area contributed by atoms with E-state index in [0.29, 0.717) is 28.5 Å². The molecule has 1 aliphatic carbocycles. The Morgan fingerprint density at radius 2 is 1.45 bits per heavy atom. The molecule has 1 aromatic carbocycles. The Hall–Kier alpha value is -2.89. The van der Waals surface area contributed by atoms with Crippen molar-refractivity contribution in [1.29, 1.82) is 0 Å². The average Bonchev–Trinajstić information content (AvgIpc) is 2.55. The molecule has 0 atom stereocenters. The fourth-order valence-corrected chi connectivity index (χ4v) is 1.91. The largest absolute Gasteiger partial charge is 0.493 e. The fraction of sp³-hybridized carbons (Fsp3) is 0.188. The molecule has 0 fully saturated rings. The molecular formula is C16H15NO5. The molecule has 0 radical (unpaired) electrons. The predicted molar refractivity (Wildman–Crippen MR) is 81.2 cm³/mol. The number of hydrogen-bond acceptors (Lipinski definition) is 5. The second-order valence-corrected chi connectivity index (χ2v) is 4.32. The van der Waals surface area contributed by atoms with Crippen LogP contribution < -0.4 is 14.2 Å². The molecule has 1 aliphatic rings. The van der Waals surface area contributed by atoms with Crippen molar-refractivity contribution in [2.45, 2.75) is 0 Å². The SMILES string of the molecule is COc1cc(C(=O)N=C2C=CC(=O)C=C2)cc(OC)c1OC. The van der Waals surface area contributed by atoms with Gasteiger partial charge in [-0.25, -0.2) is 4.99 Å². The van der Waals surface area contributed by atoms with Crippen molar-refractivity contribution in [3.05, 3.63) is 42.0 Å². The van der Waals surface area contributed by atoms with Gasteiger partial charge in [0.25, 0.3) is 5.91 Å². The van der Waals surface area contributed by atoms with Gasteiger partial charge in [0, 0.05) is 5.56 Å². The summed E-state index contributed by atoms with van der Waals surface area (Å²) in [4.78, 5) is 27.2. The van der Waals surface area contributed by atoms with Gasteiger partial charge in [0.1, 0.15) is 0 Å². The van der Waals surface area contributed by atoms with Crippen LogP contribution in [0.2, 0.25) is 0 Å². The van der Waals surface area contributed by atoms with Crippen molar-refractivity contribution in [3.8, 4) is 17.2 Å². The summed E-state index contributed by atoms with van der Waals surface area (Å²) in [6.07, 6.45) is 5.67. The van der Waals surface area contributed by atoms with E-state index in [1.165, 1.54) is 57.8 Å². The summed E-state index contributed by atoms with van der Waals surface area (Å²) in [5.41, 5.74) is 0.694. The Balaban J connectivity index is 2.38. The Morgan fingerprint density at radius 3 is 1.91 bits per heavy atom. The van der Waals surface area contributed by atoms with Crippen LogP contribution >= 0.6 is 0 Å². The van der Waals surface area contributed by atoms with Crippen molar-refractivity contribution in [3.63, 3.8) is 0 Å². The Bertz CT molecular complexity index is 657. The smallest absolute Gasteiger partial charge is 0.277 e. The van der Waals surface area contributed by atoms with Gasteiger partial charge >= 0.3 is 0 Å². The molecule has 0 saturated heterocycles. The lowest BCUT2D eigenvalue weighted by molar-refractivity contribution is -0.110. The highest BCUT2D eigenvalue weighted by Gasteiger charge is 2.17. The fourth-order valence-electron chi connectivity index (χ4n) is 1.91. The maximum Gasteiger partial charge on any atom is 0.277 e. The molecule has 1 amide bonds. The second-order valence-electron chi connectivity index (χ2n) is 4.32. The number of benzene rings is 1. The quantitative estimate of drug-likeness (QED) is 0.795. The first-order valence-corrected chi connectivity index (χ1v) is 6.42. The standard InChI is InChI=1S/C16H15NO5/c1-20-13-8-10(9-14(21-2)15(13)22-3)16(19)17-11-4-6-12(18)7-5-11/h4-9H,1-3H3. The molecule has 0 N–H and O–H groups in total. The number of carbonyl (C=O) groups is 2. The third kappa shape index (κ3) is 3.22. The number of hydrogen-bond donors (Lipinski definition) is 0. The van der Waals surface area contributed by atoms with Crippen LogP contribution in [0.5, 0.6) is 17.2 Å². The van der Waals surface area contributed by atoms with E-state index in [1.54, 1.807) is 0 Å². The third-order valence-electron chi connectivity index (χ3n) is 2.98. The topological polar surface area (TPSA) is 74.2 Å². The Morgan fingerprint density at radius 1 is 0.909 bits per heavy atom. The summed E-state index contributed by atoms with van der Waals surface area (Å²) < 4.78 is 15.6. The van der Waals surface area contributed by atoms with E-state index in [4.69, 9.17) is 14.2 Å². The lowest BCUT2D eigenvalue weighted by atomic mass is 10.1. The van der Waals surface area contributed by atoms with E-state index in [0.717, 1.165) is 0 Å². The molecule has 0 aliphatic heterocycles. The van der Waals surface area contributed by atoms with Gasteiger partial charge in [-0.15, -0.1) is 0 Å². The van der Waals surface area contributed by atoms with Gasteiger partial charge < -0.3 is 14.2 Å².